The molecule has 6 heteroatoms. The number of benzene rings is 2. The van der Waals surface area contributed by atoms with Gasteiger partial charge < -0.3 is 19.5 Å². The summed E-state index contributed by atoms with van der Waals surface area (Å²) >= 11 is 0. The molecule has 6 nitrogen and oxygen atoms in total. The largest absolute Gasteiger partial charge is 0.507 e. The number of carbonyl (C=O) groups is 2. The number of hydrogen-bond acceptors (Lipinski definition) is 5. The van der Waals surface area contributed by atoms with E-state index in [9.17, 15) is 14.7 Å². The van der Waals surface area contributed by atoms with Crippen LogP contribution in [-0.2, 0) is 14.3 Å². The van der Waals surface area contributed by atoms with Gasteiger partial charge >= 0.3 is 0 Å². The number of aliphatic hydroxyl groups is 1. The number of ketones is 1. The highest BCUT2D eigenvalue weighted by Gasteiger charge is 2.45. The minimum atomic E-state index is -0.677. The van der Waals surface area contributed by atoms with Crippen LogP contribution in [0.3, 0.4) is 0 Å². The number of rotatable bonds is 8. The monoisotopic (exact) mass is 409 g/mol. The minimum absolute atomic E-state index is 0.102. The van der Waals surface area contributed by atoms with Crippen molar-refractivity contribution < 1.29 is 24.2 Å². The predicted molar refractivity (Wildman–Crippen MR) is 114 cm³/mol. The number of hydrogen-bond donors (Lipinski definition) is 1. The van der Waals surface area contributed by atoms with Crippen LogP contribution in [0.2, 0.25) is 0 Å². The van der Waals surface area contributed by atoms with Crippen LogP contribution in [0, 0.1) is 6.92 Å². The zero-order chi connectivity index (χ0) is 21.7. The predicted octanol–water partition coefficient (Wildman–Crippen LogP) is 3.85. The van der Waals surface area contributed by atoms with E-state index in [4.69, 9.17) is 9.47 Å². The van der Waals surface area contributed by atoms with E-state index in [1.165, 1.54) is 4.90 Å². The van der Waals surface area contributed by atoms with Crippen molar-refractivity contribution >= 4 is 17.4 Å². The SMILES string of the molecule is CCOc1ccc(C(O)=C2C(=O)C(=O)N(CCCOC)C2c2ccc(C)cc2)cc1. The van der Waals surface area contributed by atoms with Crippen LogP contribution in [0.25, 0.3) is 5.76 Å². The van der Waals surface area contributed by atoms with E-state index in [1.807, 2.05) is 38.1 Å². The lowest BCUT2D eigenvalue weighted by molar-refractivity contribution is -0.140. The van der Waals surface area contributed by atoms with Crippen LogP contribution < -0.4 is 4.74 Å². The van der Waals surface area contributed by atoms with Gasteiger partial charge in [-0.3, -0.25) is 9.59 Å². The summed E-state index contributed by atoms with van der Waals surface area (Å²) in [6, 6.07) is 13.8. The van der Waals surface area contributed by atoms with Crippen molar-refractivity contribution in [3.05, 3.63) is 70.8 Å². The van der Waals surface area contributed by atoms with Gasteiger partial charge in [0.1, 0.15) is 11.5 Å². The van der Waals surface area contributed by atoms with Crippen molar-refractivity contribution in [2.45, 2.75) is 26.3 Å². The Morgan fingerprint density at radius 2 is 1.73 bits per heavy atom. The Labute approximate surface area is 176 Å². The van der Waals surface area contributed by atoms with Crippen LogP contribution in [0.4, 0.5) is 0 Å². The Morgan fingerprint density at radius 1 is 1.07 bits per heavy atom. The van der Waals surface area contributed by atoms with Crippen LogP contribution in [0.5, 0.6) is 5.75 Å². The summed E-state index contributed by atoms with van der Waals surface area (Å²) in [7, 11) is 1.59. The molecule has 1 fully saturated rings. The fourth-order valence-electron chi connectivity index (χ4n) is 3.62. The van der Waals surface area contributed by atoms with Gasteiger partial charge in [0, 0.05) is 25.8 Å². The summed E-state index contributed by atoms with van der Waals surface area (Å²) in [4.78, 5) is 27.2. The number of carbonyl (C=O) groups excluding carboxylic acids is 2. The summed E-state index contributed by atoms with van der Waals surface area (Å²) in [5.74, 6) is -0.797. The maximum absolute atomic E-state index is 12.9. The Bertz CT molecular complexity index is 931. The lowest BCUT2D eigenvalue weighted by Gasteiger charge is -2.25. The number of Topliss-reactive ketones (excluding diaryl/α,β-unsaturated/α-hetero) is 1. The molecular weight excluding hydrogens is 382 g/mol. The first-order valence-corrected chi connectivity index (χ1v) is 10.0. The second-order valence-corrected chi connectivity index (χ2v) is 7.21. The summed E-state index contributed by atoms with van der Waals surface area (Å²) in [6.45, 7) is 5.23. The molecule has 0 aliphatic carbocycles. The van der Waals surface area contributed by atoms with Gasteiger partial charge in [-0.1, -0.05) is 29.8 Å². The average molecular weight is 409 g/mol. The van der Waals surface area contributed by atoms with Crippen molar-refractivity contribution in [1.82, 2.24) is 4.90 Å². The van der Waals surface area contributed by atoms with E-state index in [2.05, 4.69) is 0 Å². The number of amides is 1. The van der Waals surface area contributed by atoms with Crippen molar-refractivity contribution in [2.24, 2.45) is 0 Å². The summed E-state index contributed by atoms with van der Waals surface area (Å²) in [5, 5.41) is 11.0. The summed E-state index contributed by atoms with van der Waals surface area (Å²) in [5.41, 5.74) is 2.42. The molecule has 2 aromatic carbocycles. The lowest BCUT2D eigenvalue weighted by atomic mass is 9.94. The molecule has 0 radical (unpaired) electrons. The smallest absolute Gasteiger partial charge is 0.295 e. The van der Waals surface area contributed by atoms with Crippen molar-refractivity contribution in [3.8, 4) is 5.75 Å². The van der Waals surface area contributed by atoms with Gasteiger partial charge in [-0.2, -0.15) is 0 Å². The number of nitrogens with zero attached hydrogens (tertiary/aromatic N) is 1. The minimum Gasteiger partial charge on any atom is -0.507 e. The number of methoxy groups -OCH3 is 1. The molecule has 0 saturated carbocycles. The molecule has 1 saturated heterocycles. The molecule has 2 aromatic rings. The van der Waals surface area contributed by atoms with E-state index < -0.39 is 17.7 Å². The third-order valence-corrected chi connectivity index (χ3v) is 5.12. The number of aryl methyl sites for hydroxylation is 1. The van der Waals surface area contributed by atoms with Crippen molar-refractivity contribution in [3.63, 3.8) is 0 Å². The molecule has 0 spiro atoms. The van der Waals surface area contributed by atoms with Gasteiger partial charge in [0.2, 0.25) is 0 Å². The fourth-order valence-corrected chi connectivity index (χ4v) is 3.62. The van der Waals surface area contributed by atoms with Gasteiger partial charge in [-0.15, -0.1) is 0 Å². The summed E-state index contributed by atoms with van der Waals surface area (Å²) in [6.07, 6.45) is 0.592. The first-order valence-electron chi connectivity index (χ1n) is 10.0. The van der Waals surface area contributed by atoms with Gasteiger partial charge in [0.05, 0.1) is 18.2 Å². The Hall–Kier alpha value is -3.12. The van der Waals surface area contributed by atoms with Crippen LogP contribution >= 0.6 is 0 Å². The molecule has 30 heavy (non-hydrogen) atoms. The fraction of sp³-hybridized carbons (Fsp3) is 0.333. The first kappa shape index (κ1) is 21.6. The Morgan fingerprint density at radius 3 is 2.33 bits per heavy atom. The highest BCUT2D eigenvalue weighted by molar-refractivity contribution is 6.46. The Kier molecular flexibility index (Phi) is 6.90. The quantitative estimate of drug-likeness (QED) is 0.310. The molecule has 158 valence electrons. The first-order chi connectivity index (χ1) is 14.5. The molecule has 1 aliphatic heterocycles. The van der Waals surface area contributed by atoms with Crippen LogP contribution in [-0.4, -0.2) is 48.6 Å². The van der Waals surface area contributed by atoms with Crippen molar-refractivity contribution in [2.75, 3.05) is 26.9 Å². The highest BCUT2D eigenvalue weighted by atomic mass is 16.5. The maximum atomic E-state index is 12.9. The molecule has 3 rings (SSSR count). The zero-order valence-corrected chi connectivity index (χ0v) is 17.6. The highest BCUT2D eigenvalue weighted by Crippen LogP contribution is 2.39. The lowest BCUT2D eigenvalue weighted by Crippen LogP contribution is -2.31. The molecule has 1 heterocycles. The number of ether oxygens (including phenoxy) is 2. The van der Waals surface area contributed by atoms with E-state index in [0.717, 1.165) is 11.1 Å². The number of aliphatic hydroxyl groups excluding tert-OH is 1. The van der Waals surface area contributed by atoms with Gasteiger partial charge in [0.25, 0.3) is 11.7 Å². The van der Waals surface area contributed by atoms with E-state index >= 15 is 0 Å². The topological polar surface area (TPSA) is 76.1 Å². The van der Waals surface area contributed by atoms with E-state index in [1.54, 1.807) is 31.4 Å². The van der Waals surface area contributed by atoms with Crippen LogP contribution in [0.1, 0.15) is 36.1 Å². The average Bonchev–Trinajstić information content (AvgIpc) is 3.00. The second kappa shape index (κ2) is 9.59. The molecule has 0 bridgehead atoms. The van der Waals surface area contributed by atoms with Gasteiger partial charge in [-0.05, 0) is 50.1 Å². The van der Waals surface area contributed by atoms with Gasteiger partial charge in [0.15, 0.2) is 0 Å². The molecule has 1 N–H and O–H groups in total. The van der Waals surface area contributed by atoms with E-state index in [-0.39, 0.29) is 11.3 Å². The molecule has 1 atom stereocenters. The third kappa shape index (κ3) is 4.39. The summed E-state index contributed by atoms with van der Waals surface area (Å²) < 4.78 is 10.5. The second-order valence-electron chi connectivity index (χ2n) is 7.21. The number of likely N-dealkylation sites (tertiary alicyclic amines) is 1. The molecular formula is C24H27NO5. The third-order valence-electron chi connectivity index (χ3n) is 5.12. The Balaban J connectivity index is 2.06. The standard InChI is InChI=1S/C24H27NO5/c1-4-30-19-12-10-18(11-13-19)22(26)20-21(17-8-6-16(2)7-9-17)25(14-5-15-29-3)24(28)23(20)27/h6-13,21,26H,4-5,14-15H2,1-3H3. The normalized spacial score (nSPS) is 18.1. The molecule has 1 aliphatic rings. The maximum Gasteiger partial charge on any atom is 0.295 e. The van der Waals surface area contributed by atoms with Crippen molar-refractivity contribution in [1.29, 1.82) is 0 Å². The zero-order valence-electron chi connectivity index (χ0n) is 17.6. The van der Waals surface area contributed by atoms with Gasteiger partial charge in [-0.25, -0.2) is 0 Å². The van der Waals surface area contributed by atoms with E-state index in [0.29, 0.717) is 37.5 Å². The molecule has 0 aromatic heterocycles. The molecule has 1 unspecified atom stereocenters. The molecule has 1 amide bonds. The van der Waals surface area contributed by atoms with Crippen LogP contribution in [0.15, 0.2) is 54.1 Å².